The molecule has 0 aromatic carbocycles. The first kappa shape index (κ1) is 30.8. The average molecular weight is 512 g/mol. The van der Waals surface area contributed by atoms with Crippen molar-refractivity contribution in [2.75, 3.05) is 19.6 Å². The van der Waals surface area contributed by atoms with Crippen molar-refractivity contribution in [3.8, 4) is 0 Å². The zero-order valence-electron chi connectivity index (χ0n) is 20.7. The summed E-state index contributed by atoms with van der Waals surface area (Å²) in [6, 6.07) is -3.89. The third-order valence-electron chi connectivity index (χ3n) is 5.66. The Balaban J connectivity index is 3.12. The van der Waals surface area contributed by atoms with E-state index in [-0.39, 0.29) is 31.8 Å². The first-order valence-electron chi connectivity index (χ1n) is 12.3. The molecule has 0 aromatic heterocycles. The summed E-state index contributed by atoms with van der Waals surface area (Å²) in [7, 11) is 0. The Morgan fingerprint density at radius 2 is 1.56 bits per heavy atom. The number of carbonyl (C=O) groups is 5. The number of unbranched alkanes of at least 4 members (excludes halogenated alkanes) is 1. The van der Waals surface area contributed by atoms with Crippen LogP contribution in [-0.4, -0.2) is 79.7 Å². The van der Waals surface area contributed by atoms with E-state index in [1.807, 2.05) is 0 Å². The number of nitrogens with two attached hydrogens (primary N) is 4. The van der Waals surface area contributed by atoms with Gasteiger partial charge in [0, 0.05) is 13.1 Å². The fourth-order valence-corrected chi connectivity index (χ4v) is 3.62. The molecule has 1 heterocycles. The molecule has 0 aliphatic carbocycles. The van der Waals surface area contributed by atoms with Crippen LogP contribution < -0.4 is 44.2 Å². The van der Waals surface area contributed by atoms with Gasteiger partial charge in [-0.25, -0.2) is 0 Å². The Kier molecular flexibility index (Phi) is 14.7. The second kappa shape index (κ2) is 17.2. The van der Waals surface area contributed by atoms with Gasteiger partial charge < -0.3 is 49.0 Å². The number of nitrogens with zero attached hydrogens (tertiary/aromatic N) is 1. The van der Waals surface area contributed by atoms with Crippen LogP contribution >= 0.6 is 0 Å². The maximum Gasteiger partial charge on any atom is 0.243 e. The molecule has 0 aromatic rings. The van der Waals surface area contributed by atoms with Crippen molar-refractivity contribution in [3.05, 3.63) is 0 Å². The van der Waals surface area contributed by atoms with Gasteiger partial charge in [-0.3, -0.25) is 24.2 Å². The van der Waals surface area contributed by atoms with Crippen molar-refractivity contribution in [2.45, 2.75) is 82.0 Å². The van der Waals surface area contributed by atoms with Crippen molar-refractivity contribution < 1.29 is 24.0 Å². The topological polar surface area (TPSA) is 250 Å². The predicted molar refractivity (Wildman–Crippen MR) is 134 cm³/mol. The van der Waals surface area contributed by atoms with E-state index in [1.165, 1.54) is 0 Å². The molecule has 12 N–H and O–H groups in total. The normalized spacial score (nSPS) is 24.9. The number of guanidine groups is 1. The summed E-state index contributed by atoms with van der Waals surface area (Å²) in [6.07, 6.45) is 3.87. The third kappa shape index (κ3) is 12.4. The SMILES string of the molecule is NCCCC[C@@H]1NC(=O)C(N)CC(=O)NCCCC[C@@H](C=O)NC(=O)[C@H](CCCN=C(N)N)NC1=O. The molecular formula is C22H41N9O5. The van der Waals surface area contributed by atoms with Gasteiger partial charge in [0.1, 0.15) is 18.4 Å². The molecule has 1 rings (SSSR count). The Labute approximate surface area is 211 Å². The molecule has 0 bridgehead atoms. The van der Waals surface area contributed by atoms with Gasteiger partial charge in [0.15, 0.2) is 5.96 Å². The van der Waals surface area contributed by atoms with Crippen LogP contribution in [0.4, 0.5) is 0 Å². The molecule has 1 saturated heterocycles. The maximum atomic E-state index is 13.1. The van der Waals surface area contributed by atoms with Crippen LogP contribution in [0, 0.1) is 0 Å². The zero-order valence-corrected chi connectivity index (χ0v) is 20.7. The lowest BCUT2D eigenvalue weighted by Crippen LogP contribution is -2.56. The molecule has 36 heavy (non-hydrogen) atoms. The van der Waals surface area contributed by atoms with Crippen LogP contribution in [0.15, 0.2) is 4.99 Å². The second-order valence-corrected chi connectivity index (χ2v) is 8.76. The van der Waals surface area contributed by atoms with E-state index < -0.39 is 47.8 Å². The Bertz CT molecular complexity index is 773. The van der Waals surface area contributed by atoms with Gasteiger partial charge in [0.25, 0.3) is 0 Å². The molecule has 4 amide bonds. The van der Waals surface area contributed by atoms with Crippen LogP contribution in [0.2, 0.25) is 0 Å². The van der Waals surface area contributed by atoms with Gasteiger partial charge in [-0.1, -0.05) is 0 Å². The predicted octanol–water partition coefficient (Wildman–Crippen LogP) is -3.16. The highest BCUT2D eigenvalue weighted by atomic mass is 16.2. The van der Waals surface area contributed by atoms with Crippen LogP contribution in [0.25, 0.3) is 0 Å². The van der Waals surface area contributed by atoms with E-state index in [0.29, 0.717) is 57.9 Å². The van der Waals surface area contributed by atoms with Crippen molar-refractivity contribution >= 4 is 35.9 Å². The number of aldehydes is 1. The number of carbonyl (C=O) groups excluding carboxylic acids is 5. The highest BCUT2D eigenvalue weighted by Gasteiger charge is 2.29. The summed E-state index contributed by atoms with van der Waals surface area (Å²) in [4.78, 5) is 66.3. The van der Waals surface area contributed by atoms with Crippen LogP contribution in [-0.2, 0) is 24.0 Å². The minimum Gasteiger partial charge on any atom is -0.370 e. The van der Waals surface area contributed by atoms with Gasteiger partial charge in [0.05, 0.1) is 18.5 Å². The standard InChI is InChI=1S/C22H41N9O5/c23-9-3-1-7-16-21(36)31-17(8-5-11-28-22(25)26)20(35)29-14(13-32)6-2-4-10-27-18(33)12-15(24)19(34)30-16/h13-17H,1-12,23-24H2,(H,27,33)(H,29,35)(H,30,34)(H,31,36)(H4,25,26,28)/t14-,15?,16-,17-/m0/s1. The highest BCUT2D eigenvalue weighted by molar-refractivity contribution is 5.94. The summed E-state index contributed by atoms with van der Waals surface area (Å²) in [5, 5.41) is 10.6. The maximum absolute atomic E-state index is 13.1. The van der Waals surface area contributed by atoms with E-state index in [4.69, 9.17) is 22.9 Å². The van der Waals surface area contributed by atoms with Gasteiger partial charge in [-0.2, -0.15) is 0 Å². The third-order valence-corrected chi connectivity index (χ3v) is 5.66. The van der Waals surface area contributed by atoms with E-state index in [0.717, 1.165) is 0 Å². The monoisotopic (exact) mass is 511 g/mol. The highest BCUT2D eigenvalue weighted by Crippen LogP contribution is 2.07. The van der Waals surface area contributed by atoms with Gasteiger partial charge in [-0.05, 0) is 57.9 Å². The van der Waals surface area contributed by atoms with Crippen molar-refractivity contribution in [1.29, 1.82) is 0 Å². The minimum atomic E-state index is -1.15. The van der Waals surface area contributed by atoms with Crippen LogP contribution in [0.1, 0.15) is 57.8 Å². The summed E-state index contributed by atoms with van der Waals surface area (Å²) >= 11 is 0. The molecule has 204 valence electrons. The first-order chi connectivity index (χ1) is 17.2. The lowest BCUT2D eigenvalue weighted by molar-refractivity contribution is -0.133. The number of hydrogen-bond donors (Lipinski definition) is 8. The van der Waals surface area contributed by atoms with Gasteiger partial charge >= 0.3 is 0 Å². The number of rotatable bonds is 9. The molecule has 14 heteroatoms. The van der Waals surface area contributed by atoms with Gasteiger partial charge in [0.2, 0.25) is 23.6 Å². The summed E-state index contributed by atoms with van der Waals surface area (Å²) < 4.78 is 0. The Morgan fingerprint density at radius 3 is 2.19 bits per heavy atom. The van der Waals surface area contributed by atoms with Gasteiger partial charge in [-0.15, -0.1) is 0 Å². The molecule has 1 unspecified atom stereocenters. The van der Waals surface area contributed by atoms with Crippen LogP contribution in [0.3, 0.4) is 0 Å². The van der Waals surface area contributed by atoms with Crippen LogP contribution in [0.5, 0.6) is 0 Å². The number of aliphatic imine (C=N–C) groups is 1. The molecule has 14 nitrogen and oxygen atoms in total. The van der Waals surface area contributed by atoms with E-state index in [1.54, 1.807) is 0 Å². The number of nitrogens with one attached hydrogen (secondary N) is 4. The summed E-state index contributed by atoms with van der Waals surface area (Å²) in [6.45, 7) is 0.985. The molecule has 0 saturated carbocycles. The molecule has 0 radical (unpaired) electrons. The molecule has 0 spiro atoms. The quantitative estimate of drug-likeness (QED) is 0.0672. The van der Waals surface area contributed by atoms with Crippen molar-refractivity contribution in [1.82, 2.24) is 21.3 Å². The Hall–Kier alpha value is -3.26. The Morgan fingerprint density at radius 1 is 0.917 bits per heavy atom. The fraction of sp³-hybridized carbons (Fsp3) is 0.727. The average Bonchev–Trinajstić information content (AvgIpc) is 2.83. The van der Waals surface area contributed by atoms with Crippen molar-refractivity contribution in [2.24, 2.45) is 27.9 Å². The molecule has 1 fully saturated rings. The lowest BCUT2D eigenvalue weighted by Gasteiger charge is -2.25. The molecule has 1 aliphatic rings. The fourth-order valence-electron chi connectivity index (χ4n) is 3.62. The number of amides is 4. The smallest absolute Gasteiger partial charge is 0.243 e. The molecule has 1 aliphatic heterocycles. The zero-order chi connectivity index (χ0) is 26.9. The largest absolute Gasteiger partial charge is 0.370 e. The van der Waals surface area contributed by atoms with E-state index in [2.05, 4.69) is 26.3 Å². The summed E-state index contributed by atoms with van der Waals surface area (Å²) in [5.74, 6) is -2.27. The first-order valence-corrected chi connectivity index (χ1v) is 12.3. The number of hydrogen-bond acceptors (Lipinski definition) is 8. The minimum absolute atomic E-state index is 0.0922. The molecule has 4 atom stereocenters. The van der Waals surface area contributed by atoms with Crippen molar-refractivity contribution in [3.63, 3.8) is 0 Å². The van der Waals surface area contributed by atoms with E-state index >= 15 is 0 Å². The summed E-state index contributed by atoms with van der Waals surface area (Å²) in [5.41, 5.74) is 22.1. The lowest BCUT2D eigenvalue weighted by atomic mass is 10.0. The second-order valence-electron chi connectivity index (χ2n) is 8.76. The van der Waals surface area contributed by atoms with E-state index in [9.17, 15) is 24.0 Å². The molecular weight excluding hydrogens is 470 g/mol.